The molecule has 0 saturated heterocycles. The highest BCUT2D eigenvalue weighted by atomic mass is 127. The van der Waals surface area contributed by atoms with Crippen molar-refractivity contribution in [2.24, 2.45) is 0 Å². The summed E-state index contributed by atoms with van der Waals surface area (Å²) in [6, 6.07) is 5.70. The van der Waals surface area contributed by atoms with Crippen LogP contribution in [0.5, 0.6) is 0 Å². The summed E-state index contributed by atoms with van der Waals surface area (Å²) in [7, 11) is 0. The molecule has 0 fully saturated rings. The van der Waals surface area contributed by atoms with Crippen LogP contribution >= 0.6 is 38.5 Å². The third kappa shape index (κ3) is 3.77. The minimum atomic E-state index is -0.0430. The average molecular weight is 421 g/mol. The summed E-state index contributed by atoms with van der Waals surface area (Å²) < 4.78 is 3.70. The Labute approximate surface area is 126 Å². The molecule has 1 heterocycles. The molecule has 7 heteroatoms. The standard InChI is InChI=1S/C11H10BrIN4O/c12-9-7-8(1-2-10(9)13)15-11(18)3-5-17-6-4-14-16-17/h1-2,4,6-7H,3,5H2,(H,15,18). The maximum atomic E-state index is 11.7. The minimum Gasteiger partial charge on any atom is -0.326 e. The summed E-state index contributed by atoms with van der Waals surface area (Å²) in [6.45, 7) is 0.525. The molecule has 94 valence electrons. The number of nitrogens with zero attached hydrogens (tertiary/aromatic N) is 3. The number of aromatic nitrogens is 3. The van der Waals surface area contributed by atoms with E-state index in [9.17, 15) is 4.79 Å². The number of aryl methyl sites for hydroxylation is 1. The Kier molecular flexibility index (Phi) is 4.70. The largest absolute Gasteiger partial charge is 0.326 e. The van der Waals surface area contributed by atoms with Crippen LogP contribution < -0.4 is 5.32 Å². The summed E-state index contributed by atoms with van der Waals surface area (Å²) in [5, 5.41) is 10.3. The Morgan fingerprint density at radius 1 is 1.50 bits per heavy atom. The van der Waals surface area contributed by atoms with Gasteiger partial charge in [-0.25, -0.2) is 0 Å². The highest BCUT2D eigenvalue weighted by molar-refractivity contribution is 14.1. The molecule has 0 aliphatic carbocycles. The van der Waals surface area contributed by atoms with E-state index in [-0.39, 0.29) is 5.91 Å². The molecule has 5 nitrogen and oxygen atoms in total. The molecule has 0 bridgehead atoms. The van der Waals surface area contributed by atoms with Crippen molar-refractivity contribution < 1.29 is 4.79 Å². The van der Waals surface area contributed by atoms with E-state index in [2.05, 4.69) is 54.1 Å². The van der Waals surface area contributed by atoms with Crippen LogP contribution in [0.4, 0.5) is 5.69 Å². The van der Waals surface area contributed by atoms with Gasteiger partial charge in [0.2, 0.25) is 5.91 Å². The maximum Gasteiger partial charge on any atom is 0.226 e. The van der Waals surface area contributed by atoms with Gasteiger partial charge in [0.25, 0.3) is 0 Å². The zero-order chi connectivity index (χ0) is 13.0. The van der Waals surface area contributed by atoms with Gasteiger partial charge >= 0.3 is 0 Å². The number of halogens is 2. The molecule has 1 amide bonds. The first-order valence-corrected chi connectivity index (χ1v) is 7.11. The van der Waals surface area contributed by atoms with Gasteiger partial charge in [-0.05, 0) is 56.7 Å². The number of hydrogen-bond acceptors (Lipinski definition) is 3. The van der Waals surface area contributed by atoms with Crippen LogP contribution in [0, 0.1) is 3.57 Å². The SMILES string of the molecule is O=C(CCn1ccnn1)Nc1ccc(I)c(Br)c1. The first-order chi connectivity index (χ1) is 8.65. The number of rotatable bonds is 4. The lowest BCUT2D eigenvalue weighted by Crippen LogP contribution is -2.14. The highest BCUT2D eigenvalue weighted by Gasteiger charge is 2.04. The Hall–Kier alpha value is -0.960. The van der Waals surface area contributed by atoms with Gasteiger partial charge in [0.1, 0.15) is 0 Å². The van der Waals surface area contributed by atoms with Gasteiger partial charge in [-0.2, -0.15) is 0 Å². The van der Waals surface area contributed by atoms with Crippen molar-refractivity contribution in [1.82, 2.24) is 15.0 Å². The summed E-state index contributed by atoms with van der Waals surface area (Å²) >= 11 is 5.65. The normalized spacial score (nSPS) is 10.3. The molecule has 2 aromatic rings. The first-order valence-electron chi connectivity index (χ1n) is 5.24. The van der Waals surface area contributed by atoms with Crippen molar-refractivity contribution in [1.29, 1.82) is 0 Å². The Bertz CT molecular complexity index is 544. The number of carbonyl (C=O) groups is 1. The predicted molar refractivity (Wildman–Crippen MR) is 80.1 cm³/mol. The highest BCUT2D eigenvalue weighted by Crippen LogP contribution is 2.22. The number of amides is 1. The van der Waals surface area contributed by atoms with E-state index in [1.165, 1.54) is 0 Å². The molecule has 1 aromatic carbocycles. The lowest BCUT2D eigenvalue weighted by molar-refractivity contribution is -0.116. The van der Waals surface area contributed by atoms with Gasteiger partial charge < -0.3 is 5.32 Å². The van der Waals surface area contributed by atoms with E-state index in [1.807, 2.05) is 18.2 Å². The second kappa shape index (κ2) is 6.28. The first kappa shape index (κ1) is 13.5. The smallest absolute Gasteiger partial charge is 0.226 e. The molecule has 1 aromatic heterocycles. The van der Waals surface area contributed by atoms with Gasteiger partial charge in [-0.3, -0.25) is 9.48 Å². The molecule has 18 heavy (non-hydrogen) atoms. The van der Waals surface area contributed by atoms with E-state index in [0.717, 1.165) is 13.7 Å². The molecule has 0 spiro atoms. The lowest BCUT2D eigenvalue weighted by atomic mass is 10.3. The van der Waals surface area contributed by atoms with Gasteiger partial charge in [0, 0.05) is 26.3 Å². The van der Waals surface area contributed by atoms with Gasteiger partial charge in [-0.15, -0.1) is 5.10 Å². The average Bonchev–Trinajstić information content (AvgIpc) is 2.84. The zero-order valence-corrected chi connectivity index (χ0v) is 13.1. The molecule has 0 aliphatic heterocycles. The van der Waals surface area contributed by atoms with Gasteiger partial charge in [0.15, 0.2) is 0 Å². The molecule has 0 unspecified atom stereocenters. The van der Waals surface area contributed by atoms with E-state index >= 15 is 0 Å². The Morgan fingerprint density at radius 3 is 3.00 bits per heavy atom. The fourth-order valence-electron chi connectivity index (χ4n) is 1.37. The van der Waals surface area contributed by atoms with Crippen molar-refractivity contribution in [3.8, 4) is 0 Å². The van der Waals surface area contributed by atoms with Crippen molar-refractivity contribution in [3.05, 3.63) is 38.6 Å². The summed E-state index contributed by atoms with van der Waals surface area (Å²) in [5.41, 5.74) is 0.783. The van der Waals surface area contributed by atoms with Gasteiger partial charge in [-0.1, -0.05) is 5.21 Å². The molecule has 0 saturated carbocycles. The number of anilines is 1. The zero-order valence-electron chi connectivity index (χ0n) is 9.31. The fourth-order valence-corrected chi connectivity index (χ4v) is 2.08. The molecule has 2 rings (SSSR count). The summed E-state index contributed by atoms with van der Waals surface area (Å²) in [6.07, 6.45) is 3.69. The van der Waals surface area contributed by atoms with E-state index in [0.29, 0.717) is 13.0 Å². The van der Waals surface area contributed by atoms with E-state index in [4.69, 9.17) is 0 Å². The second-order valence-corrected chi connectivity index (χ2v) is 5.61. The van der Waals surface area contributed by atoms with Crippen molar-refractivity contribution in [2.45, 2.75) is 13.0 Å². The maximum absolute atomic E-state index is 11.7. The minimum absolute atomic E-state index is 0.0430. The van der Waals surface area contributed by atoms with E-state index in [1.54, 1.807) is 17.1 Å². The second-order valence-electron chi connectivity index (χ2n) is 3.59. The molecule has 0 atom stereocenters. The van der Waals surface area contributed by atoms with Crippen LogP contribution in [0.2, 0.25) is 0 Å². The predicted octanol–water partition coefficient (Wildman–Crippen LogP) is 2.67. The van der Waals surface area contributed by atoms with Crippen LogP contribution in [-0.4, -0.2) is 20.9 Å². The molecule has 0 radical (unpaired) electrons. The number of benzene rings is 1. The summed E-state index contributed by atoms with van der Waals surface area (Å²) in [4.78, 5) is 11.7. The lowest BCUT2D eigenvalue weighted by Gasteiger charge is -2.06. The van der Waals surface area contributed by atoms with Crippen LogP contribution in [0.15, 0.2) is 35.1 Å². The van der Waals surface area contributed by atoms with Crippen molar-refractivity contribution >= 4 is 50.1 Å². The van der Waals surface area contributed by atoms with Crippen LogP contribution in [-0.2, 0) is 11.3 Å². The topological polar surface area (TPSA) is 59.8 Å². The van der Waals surface area contributed by atoms with Crippen LogP contribution in [0.3, 0.4) is 0 Å². The number of carbonyl (C=O) groups excluding carboxylic acids is 1. The summed E-state index contributed by atoms with van der Waals surface area (Å²) in [5.74, 6) is -0.0430. The molecule has 0 aliphatic rings. The van der Waals surface area contributed by atoms with Crippen LogP contribution in [0.1, 0.15) is 6.42 Å². The van der Waals surface area contributed by atoms with Gasteiger partial charge in [0.05, 0.1) is 12.7 Å². The number of hydrogen-bond donors (Lipinski definition) is 1. The third-order valence-corrected chi connectivity index (χ3v) is 4.58. The molecular weight excluding hydrogens is 411 g/mol. The quantitative estimate of drug-likeness (QED) is 0.773. The van der Waals surface area contributed by atoms with E-state index < -0.39 is 0 Å². The van der Waals surface area contributed by atoms with Crippen molar-refractivity contribution in [2.75, 3.05) is 5.32 Å². The Balaban J connectivity index is 1.88. The molecule has 1 N–H and O–H groups in total. The fraction of sp³-hybridized carbons (Fsp3) is 0.182. The number of nitrogens with one attached hydrogen (secondary N) is 1. The van der Waals surface area contributed by atoms with Crippen LogP contribution in [0.25, 0.3) is 0 Å². The third-order valence-electron chi connectivity index (χ3n) is 2.24. The molecular formula is C11H10BrIN4O. The Morgan fingerprint density at radius 2 is 2.33 bits per heavy atom. The van der Waals surface area contributed by atoms with Crippen molar-refractivity contribution in [3.63, 3.8) is 0 Å². The monoisotopic (exact) mass is 420 g/mol.